The minimum absolute atomic E-state index is 0.0176. The van der Waals surface area contributed by atoms with Crippen molar-refractivity contribution in [3.05, 3.63) is 23.8 Å². The van der Waals surface area contributed by atoms with Crippen LogP contribution in [0.4, 0.5) is 18.9 Å². The van der Waals surface area contributed by atoms with E-state index < -0.39 is 24.2 Å². The third kappa shape index (κ3) is 2.81. The highest BCUT2D eigenvalue weighted by Gasteiger charge is 2.52. The molecule has 0 aliphatic carbocycles. The number of rotatable bonds is 2. The van der Waals surface area contributed by atoms with Crippen LogP contribution in [0.1, 0.15) is 12.5 Å². The van der Waals surface area contributed by atoms with Gasteiger partial charge in [-0.25, -0.2) is 0 Å². The lowest BCUT2D eigenvalue weighted by Crippen LogP contribution is -2.48. The van der Waals surface area contributed by atoms with Crippen molar-refractivity contribution in [1.82, 2.24) is 0 Å². The van der Waals surface area contributed by atoms with Gasteiger partial charge in [0.15, 0.2) is 0 Å². The Kier molecular flexibility index (Phi) is 3.78. The van der Waals surface area contributed by atoms with E-state index in [0.29, 0.717) is 11.3 Å². The van der Waals surface area contributed by atoms with E-state index in [0.717, 1.165) is 0 Å². The number of nitrogen functional groups attached to an aromatic ring is 1. The first-order valence-corrected chi connectivity index (χ1v) is 6.11. The molecule has 0 saturated carbocycles. The smallest absolute Gasteiger partial charge is 0.426 e. The molecular weight excluding hydrogens is 275 g/mol. The fourth-order valence-electron chi connectivity index (χ4n) is 2.19. The average molecular weight is 289 g/mol. The number of carbonyl (C=O) groups excluding carboxylic acids is 1. The summed E-state index contributed by atoms with van der Waals surface area (Å²) in [6, 6.07) is 4.34. The molecule has 0 spiro atoms. The van der Waals surface area contributed by atoms with Crippen molar-refractivity contribution in [2.45, 2.75) is 25.6 Å². The Balaban J connectivity index is 2.35. The van der Waals surface area contributed by atoms with Crippen molar-refractivity contribution in [1.29, 1.82) is 0 Å². The summed E-state index contributed by atoms with van der Waals surface area (Å²) < 4.78 is 48.7. The van der Waals surface area contributed by atoms with Crippen molar-refractivity contribution in [3.63, 3.8) is 0 Å². The standard InChI is InChI=1S/C13H14F3NO3/c1-2-19-12(18)9-6-7-5-8(17)3-4-10(7)20-11(9)13(14,15)16/h3-5,9,11H,2,6,17H2,1H3. The molecule has 0 bridgehead atoms. The van der Waals surface area contributed by atoms with Gasteiger partial charge in [0.05, 0.1) is 6.61 Å². The van der Waals surface area contributed by atoms with Crippen LogP contribution in [0.25, 0.3) is 0 Å². The van der Waals surface area contributed by atoms with E-state index in [9.17, 15) is 18.0 Å². The molecule has 1 aliphatic heterocycles. The number of anilines is 1. The number of fused-ring (bicyclic) bond motifs is 1. The Morgan fingerprint density at radius 1 is 1.50 bits per heavy atom. The highest BCUT2D eigenvalue weighted by molar-refractivity contribution is 5.74. The maximum absolute atomic E-state index is 13.0. The molecule has 110 valence electrons. The highest BCUT2D eigenvalue weighted by Crippen LogP contribution is 2.39. The van der Waals surface area contributed by atoms with Crippen LogP contribution >= 0.6 is 0 Å². The molecule has 2 atom stereocenters. The fraction of sp³-hybridized carbons (Fsp3) is 0.462. The van der Waals surface area contributed by atoms with Crippen molar-refractivity contribution in [2.24, 2.45) is 5.92 Å². The Labute approximate surface area is 113 Å². The summed E-state index contributed by atoms with van der Waals surface area (Å²) in [5.41, 5.74) is 6.47. The van der Waals surface area contributed by atoms with Gasteiger partial charge in [0.2, 0.25) is 6.10 Å². The molecule has 4 nitrogen and oxygen atoms in total. The molecule has 1 aliphatic rings. The van der Waals surface area contributed by atoms with Crippen LogP contribution in [0, 0.1) is 5.92 Å². The van der Waals surface area contributed by atoms with Gasteiger partial charge in [-0.05, 0) is 37.1 Å². The summed E-state index contributed by atoms with van der Waals surface area (Å²) in [5.74, 6) is -2.23. The zero-order chi connectivity index (χ0) is 14.9. The third-order valence-electron chi connectivity index (χ3n) is 3.06. The van der Waals surface area contributed by atoms with Gasteiger partial charge >= 0.3 is 12.1 Å². The topological polar surface area (TPSA) is 61.5 Å². The van der Waals surface area contributed by atoms with E-state index in [4.69, 9.17) is 15.2 Å². The lowest BCUT2D eigenvalue weighted by molar-refractivity contribution is -0.218. The fourth-order valence-corrected chi connectivity index (χ4v) is 2.19. The number of hydrogen-bond donors (Lipinski definition) is 1. The normalized spacial score (nSPS) is 21.8. The summed E-state index contributed by atoms with van der Waals surface area (Å²) in [4.78, 5) is 11.7. The monoisotopic (exact) mass is 289 g/mol. The molecule has 0 amide bonds. The highest BCUT2D eigenvalue weighted by atomic mass is 19.4. The van der Waals surface area contributed by atoms with Gasteiger partial charge in [-0.15, -0.1) is 0 Å². The molecule has 2 rings (SSSR count). The van der Waals surface area contributed by atoms with Crippen LogP contribution < -0.4 is 10.5 Å². The van der Waals surface area contributed by atoms with Crippen molar-refractivity contribution in [3.8, 4) is 5.75 Å². The predicted molar refractivity (Wildman–Crippen MR) is 65.2 cm³/mol. The molecule has 0 saturated heterocycles. The largest absolute Gasteiger partial charge is 0.480 e. The molecule has 0 radical (unpaired) electrons. The molecule has 1 heterocycles. The van der Waals surface area contributed by atoms with Crippen LogP contribution in [-0.4, -0.2) is 24.9 Å². The van der Waals surface area contributed by atoms with E-state index >= 15 is 0 Å². The number of esters is 1. The van der Waals surface area contributed by atoms with Gasteiger partial charge in [-0.3, -0.25) is 4.79 Å². The zero-order valence-corrected chi connectivity index (χ0v) is 10.7. The number of nitrogens with two attached hydrogens (primary N) is 1. The molecule has 7 heteroatoms. The summed E-state index contributed by atoms with van der Waals surface area (Å²) in [6.07, 6.45) is -6.95. The summed E-state index contributed by atoms with van der Waals surface area (Å²) in [5, 5.41) is 0. The number of alkyl halides is 3. The molecule has 1 aromatic rings. The van der Waals surface area contributed by atoms with Gasteiger partial charge in [0.25, 0.3) is 0 Å². The molecular formula is C13H14F3NO3. The molecule has 2 unspecified atom stereocenters. The molecule has 1 aromatic carbocycles. The van der Waals surface area contributed by atoms with Crippen molar-refractivity contribution < 1.29 is 27.4 Å². The van der Waals surface area contributed by atoms with Crippen molar-refractivity contribution >= 4 is 11.7 Å². The van der Waals surface area contributed by atoms with E-state index in [-0.39, 0.29) is 18.8 Å². The maximum atomic E-state index is 13.0. The molecule has 0 aromatic heterocycles. The van der Waals surface area contributed by atoms with Crippen LogP contribution in [0.2, 0.25) is 0 Å². The first-order valence-electron chi connectivity index (χ1n) is 6.11. The van der Waals surface area contributed by atoms with Gasteiger partial charge in [-0.2, -0.15) is 13.2 Å². The van der Waals surface area contributed by atoms with E-state index in [1.165, 1.54) is 25.1 Å². The first kappa shape index (κ1) is 14.5. The third-order valence-corrected chi connectivity index (χ3v) is 3.06. The first-order chi connectivity index (χ1) is 9.32. The number of hydrogen-bond acceptors (Lipinski definition) is 4. The lowest BCUT2D eigenvalue weighted by atomic mass is 9.90. The van der Waals surface area contributed by atoms with Crippen molar-refractivity contribution in [2.75, 3.05) is 12.3 Å². The zero-order valence-electron chi connectivity index (χ0n) is 10.7. The average Bonchev–Trinajstić information content (AvgIpc) is 2.36. The second-order valence-corrected chi connectivity index (χ2v) is 4.51. The van der Waals surface area contributed by atoms with Crippen LogP contribution in [-0.2, 0) is 16.0 Å². The minimum atomic E-state index is -4.64. The van der Waals surface area contributed by atoms with Crippen LogP contribution in [0.3, 0.4) is 0 Å². The number of benzene rings is 1. The second kappa shape index (κ2) is 5.22. The maximum Gasteiger partial charge on any atom is 0.426 e. The van der Waals surface area contributed by atoms with Crippen LogP contribution in [0.5, 0.6) is 5.75 Å². The SMILES string of the molecule is CCOC(=O)C1Cc2cc(N)ccc2OC1C(F)(F)F. The Morgan fingerprint density at radius 3 is 2.80 bits per heavy atom. The van der Waals surface area contributed by atoms with Gasteiger partial charge in [-0.1, -0.05) is 0 Å². The molecule has 2 N–H and O–H groups in total. The number of carbonyl (C=O) groups is 1. The minimum Gasteiger partial charge on any atom is -0.480 e. The van der Waals surface area contributed by atoms with Gasteiger partial charge in [0.1, 0.15) is 11.7 Å². The number of halogens is 3. The Hall–Kier alpha value is -1.92. The quantitative estimate of drug-likeness (QED) is 0.670. The number of ether oxygens (including phenoxy) is 2. The van der Waals surface area contributed by atoms with Crippen LogP contribution in [0.15, 0.2) is 18.2 Å². The Morgan fingerprint density at radius 2 is 2.20 bits per heavy atom. The predicted octanol–water partition coefficient (Wildman–Crippen LogP) is 2.31. The van der Waals surface area contributed by atoms with E-state index in [1.807, 2.05) is 0 Å². The Bertz CT molecular complexity index is 516. The van der Waals surface area contributed by atoms with Gasteiger partial charge in [0, 0.05) is 5.69 Å². The lowest BCUT2D eigenvalue weighted by Gasteiger charge is -2.33. The van der Waals surface area contributed by atoms with Gasteiger partial charge < -0.3 is 15.2 Å². The van der Waals surface area contributed by atoms with E-state index in [1.54, 1.807) is 0 Å². The summed E-state index contributed by atoms with van der Waals surface area (Å²) in [6.45, 7) is 1.56. The summed E-state index contributed by atoms with van der Waals surface area (Å²) >= 11 is 0. The second-order valence-electron chi connectivity index (χ2n) is 4.51. The summed E-state index contributed by atoms with van der Waals surface area (Å²) in [7, 11) is 0. The van der Waals surface area contributed by atoms with E-state index in [2.05, 4.69) is 0 Å². The molecule has 0 fully saturated rings. The molecule has 20 heavy (non-hydrogen) atoms.